The second-order valence-electron chi connectivity index (χ2n) is 18.8. The molecule has 0 spiro atoms. The number of nitrogens with zero attached hydrogens (tertiary/aromatic N) is 4. The van der Waals surface area contributed by atoms with Crippen LogP contribution in [0.25, 0.3) is 49.9 Å². The molecule has 0 aliphatic carbocycles. The van der Waals surface area contributed by atoms with Crippen molar-refractivity contribution in [3.63, 3.8) is 0 Å². The molecule has 0 saturated heterocycles. The van der Waals surface area contributed by atoms with Gasteiger partial charge in [-0.1, -0.05) is 116 Å². The van der Waals surface area contributed by atoms with Crippen LogP contribution >= 0.6 is 0 Å². The normalized spacial score (nSPS) is 12.6. The number of hydrogen-bond acceptors (Lipinski definition) is 4. The first kappa shape index (κ1) is 46.5. The van der Waals surface area contributed by atoms with Gasteiger partial charge in [-0.2, -0.15) is 6.07 Å². The first-order valence-electron chi connectivity index (χ1n) is 23.3. The Balaban J connectivity index is 0.00000578. The zero-order valence-corrected chi connectivity index (χ0v) is 41.8. The molecule has 2 aromatic heterocycles. The number of pyridine rings is 1. The van der Waals surface area contributed by atoms with Gasteiger partial charge in [-0.25, -0.2) is 13.8 Å². The Kier molecular flexibility index (Phi) is 12.9. The van der Waals surface area contributed by atoms with Gasteiger partial charge in [-0.15, -0.1) is 53.6 Å². The fourth-order valence-corrected chi connectivity index (χ4v) is 9.36. The van der Waals surface area contributed by atoms with Crippen molar-refractivity contribution in [3.8, 4) is 39.6 Å². The predicted octanol–water partition coefficient (Wildman–Crippen LogP) is 17.1. The van der Waals surface area contributed by atoms with Gasteiger partial charge in [-0.3, -0.25) is 0 Å². The minimum atomic E-state index is -0.596. The summed E-state index contributed by atoms with van der Waals surface area (Å²) >= 11 is 0. The second kappa shape index (κ2) is 18.8. The molecule has 10 rings (SSSR count). The predicted molar refractivity (Wildman–Crippen MR) is 271 cm³/mol. The molecule has 346 valence electrons. The number of fused-ring (bicyclic) bond motifs is 4. The Bertz CT molecular complexity index is 3290. The van der Waals surface area contributed by atoms with Crippen LogP contribution in [0.15, 0.2) is 146 Å². The van der Waals surface area contributed by atoms with Gasteiger partial charge < -0.3 is 19.1 Å². The largest absolute Gasteiger partial charge is 0.509 e. The van der Waals surface area contributed by atoms with E-state index in [-0.39, 0.29) is 38.8 Å². The van der Waals surface area contributed by atoms with Crippen LogP contribution in [0.5, 0.6) is 11.5 Å². The Hall–Kier alpha value is -6.56. The summed E-state index contributed by atoms with van der Waals surface area (Å²) in [5.74, 6) is 1.49. The van der Waals surface area contributed by atoms with Crippen LogP contribution in [0.3, 0.4) is 0 Å². The van der Waals surface area contributed by atoms with Crippen molar-refractivity contribution < 1.29 is 34.6 Å². The number of ether oxygens (including phenoxy) is 1. The number of rotatable bonds is 11. The van der Waals surface area contributed by atoms with Gasteiger partial charge in [0.2, 0.25) is 0 Å². The van der Waals surface area contributed by atoms with E-state index in [9.17, 15) is 4.39 Å². The maximum absolute atomic E-state index is 15.5. The molecule has 3 heterocycles. The van der Waals surface area contributed by atoms with Crippen molar-refractivity contribution in [1.29, 1.82) is 0 Å². The van der Waals surface area contributed by atoms with E-state index in [4.69, 9.17) is 9.72 Å². The van der Waals surface area contributed by atoms with Gasteiger partial charge in [0, 0.05) is 73.0 Å². The fourth-order valence-electron chi connectivity index (χ4n) is 9.36. The minimum absolute atomic E-state index is 0. The molecule has 68 heavy (non-hydrogen) atoms. The minimum Gasteiger partial charge on any atom is -0.509 e. The van der Waals surface area contributed by atoms with Crippen LogP contribution in [-0.4, -0.2) is 9.55 Å². The first-order chi connectivity index (χ1) is 32.3. The number of aromatic nitrogens is 2. The first-order valence-corrected chi connectivity index (χ1v) is 23.3. The third-order valence-corrected chi connectivity index (χ3v) is 12.9. The van der Waals surface area contributed by atoms with E-state index < -0.39 is 11.6 Å². The molecule has 0 bridgehead atoms. The summed E-state index contributed by atoms with van der Waals surface area (Å²) in [6.07, 6.45) is 1.81. The van der Waals surface area contributed by atoms with Crippen LogP contribution < -0.4 is 14.5 Å². The van der Waals surface area contributed by atoms with Crippen molar-refractivity contribution in [2.75, 3.05) is 9.80 Å². The van der Waals surface area contributed by atoms with E-state index in [0.29, 0.717) is 23.0 Å². The van der Waals surface area contributed by atoms with Crippen LogP contribution in [0.2, 0.25) is 0 Å². The van der Waals surface area contributed by atoms with Crippen LogP contribution in [0.1, 0.15) is 101 Å². The van der Waals surface area contributed by atoms with Gasteiger partial charge >= 0.3 is 0 Å². The molecule has 1 aliphatic rings. The van der Waals surface area contributed by atoms with Crippen molar-refractivity contribution in [1.82, 2.24) is 9.55 Å². The molecule has 0 saturated carbocycles. The summed E-state index contributed by atoms with van der Waals surface area (Å²) < 4.78 is 38.6. The van der Waals surface area contributed by atoms with Gasteiger partial charge in [-0.05, 0) is 117 Å². The van der Waals surface area contributed by atoms with Crippen LogP contribution in [0, 0.1) is 30.4 Å². The van der Waals surface area contributed by atoms with Gasteiger partial charge in [0.05, 0.1) is 0 Å². The second-order valence-corrected chi connectivity index (χ2v) is 18.8. The quantitative estimate of drug-likeness (QED) is 0.121. The third-order valence-electron chi connectivity index (χ3n) is 12.9. The van der Waals surface area contributed by atoms with Crippen LogP contribution in [0.4, 0.5) is 31.5 Å². The van der Waals surface area contributed by atoms with Crippen molar-refractivity contribution in [2.24, 2.45) is 0 Å². The summed E-state index contributed by atoms with van der Waals surface area (Å²) in [4.78, 5) is 9.23. The summed E-state index contributed by atoms with van der Waals surface area (Å²) in [6.45, 7) is 19.7. The third kappa shape index (κ3) is 8.62. The summed E-state index contributed by atoms with van der Waals surface area (Å²) in [5, 5.41) is 2.16. The monoisotopic (exact) mass is 1080 g/mol. The standard InChI is InChI=1S/C60H53F2N4O.Pt/c1-36(2)40-14-13-15-42(26-40)43-27-46(33-48(28-43)67-47-21-23-51-50-16-9-10-17-55(50)66(57(51)34-47)59-18-11-12-25-63-59)64-35-65(58-31-41(37(3)4)19-24-56(58)64)60-52(38(5)6)29-44(30-53(60)39(7)8)49-22-20-45(61)32-54(49)62;/h9-32,35-39H,1-8H3;/q-3;. The Morgan fingerprint density at radius 3 is 2.00 bits per heavy atom. The maximum Gasteiger partial charge on any atom is 0.135 e. The topological polar surface area (TPSA) is 33.5 Å². The van der Waals surface area contributed by atoms with E-state index >= 15 is 4.39 Å². The molecule has 0 unspecified atom stereocenters. The van der Waals surface area contributed by atoms with Crippen molar-refractivity contribution in [2.45, 2.75) is 79.1 Å². The molecule has 1 aliphatic heterocycles. The molecule has 5 nitrogen and oxygen atoms in total. The molecule has 0 fully saturated rings. The average Bonchev–Trinajstić information content (AvgIpc) is 3.86. The van der Waals surface area contributed by atoms with E-state index in [2.05, 4.69) is 180 Å². The fraction of sp³-hybridized carbons (Fsp3) is 0.200. The molecular weight excluding hydrogens is 1030 g/mol. The van der Waals surface area contributed by atoms with E-state index in [1.807, 2.05) is 36.5 Å². The molecule has 8 heteroatoms. The molecule has 0 N–H and O–H groups in total. The van der Waals surface area contributed by atoms with Gasteiger partial charge in [0.1, 0.15) is 17.5 Å². The molecule has 0 atom stereocenters. The van der Waals surface area contributed by atoms with Gasteiger partial charge in [0.15, 0.2) is 0 Å². The summed E-state index contributed by atoms with van der Waals surface area (Å²) in [6, 6.07) is 53.3. The van der Waals surface area contributed by atoms with Crippen molar-refractivity contribution in [3.05, 3.63) is 198 Å². The number of anilines is 4. The zero-order valence-electron chi connectivity index (χ0n) is 39.5. The van der Waals surface area contributed by atoms with Crippen molar-refractivity contribution >= 4 is 44.6 Å². The van der Waals surface area contributed by atoms with Gasteiger partial charge in [0.25, 0.3) is 0 Å². The molecular formula is C60H53F2N4OPt-3. The number of benzene rings is 7. The maximum atomic E-state index is 15.5. The Morgan fingerprint density at radius 1 is 0.559 bits per heavy atom. The average molecular weight is 1080 g/mol. The van der Waals surface area contributed by atoms with E-state index in [1.165, 1.54) is 23.3 Å². The van der Waals surface area contributed by atoms with E-state index in [1.54, 1.807) is 0 Å². The smallest absolute Gasteiger partial charge is 0.135 e. The SMILES string of the molecule is CC(C)c1cccc(-c2cc(Oc3[c-]c4c(cc3)c3ccccc3n4-c3ccccn3)[c-]c(N3[CH-]N(c4c(C(C)C)cc(-c5ccc(F)cc5F)cc4C(C)C)c4cc(C(C)C)ccc43)c2)c1.[Pt]. The summed E-state index contributed by atoms with van der Waals surface area (Å²) in [5.41, 5.74) is 13.5. The number of para-hydroxylation sites is 1. The molecule has 7 aromatic carbocycles. The van der Waals surface area contributed by atoms with E-state index in [0.717, 1.165) is 84.3 Å². The van der Waals surface area contributed by atoms with Crippen LogP contribution in [-0.2, 0) is 21.1 Å². The molecule has 0 amide bonds. The Morgan fingerprint density at radius 2 is 1.29 bits per heavy atom. The zero-order chi connectivity index (χ0) is 46.7. The molecule has 9 aromatic rings. The number of hydrogen-bond donors (Lipinski definition) is 0. The Labute approximate surface area is 413 Å². The number of halogens is 2. The molecule has 0 radical (unpaired) electrons. The summed E-state index contributed by atoms with van der Waals surface area (Å²) in [7, 11) is 0.